The molecule has 1 aliphatic heterocycles. The Bertz CT molecular complexity index is 901. The highest BCUT2D eigenvalue weighted by atomic mass is 16.5. The van der Waals surface area contributed by atoms with Crippen LogP contribution in [0.25, 0.3) is 10.9 Å². The number of H-pyrrole nitrogens is 2. The van der Waals surface area contributed by atoms with Crippen LogP contribution in [0.5, 0.6) is 0 Å². The van der Waals surface area contributed by atoms with Gasteiger partial charge >= 0.3 is 0 Å². The van der Waals surface area contributed by atoms with Gasteiger partial charge < -0.3 is 14.7 Å². The maximum atomic E-state index is 11.3. The standard InChI is InChI=1S/C19H22N4O2/c24-19-10-16(21-13-22-19)3-4-17-12-23(7-8-25-17)11-14-1-2-15-5-6-20-18(15)9-14/h1-2,5-6,9-10,13,17,20H,3-4,7-8,11-12H2,(H,21,22,24)/t17-/m1/s1. The lowest BCUT2D eigenvalue weighted by molar-refractivity contribution is -0.0346. The summed E-state index contributed by atoms with van der Waals surface area (Å²) in [7, 11) is 0. The van der Waals surface area contributed by atoms with Crippen LogP contribution >= 0.6 is 0 Å². The first-order chi connectivity index (χ1) is 12.3. The molecule has 1 atom stereocenters. The fraction of sp³-hybridized carbons (Fsp3) is 0.368. The number of morpholine rings is 1. The molecule has 0 aliphatic carbocycles. The first-order valence-corrected chi connectivity index (χ1v) is 8.70. The fourth-order valence-corrected chi connectivity index (χ4v) is 3.40. The quantitative estimate of drug-likeness (QED) is 0.747. The van der Waals surface area contributed by atoms with Crippen LogP contribution in [0, 0.1) is 0 Å². The molecule has 6 heteroatoms. The Morgan fingerprint density at radius 3 is 3.12 bits per heavy atom. The predicted molar refractivity (Wildman–Crippen MR) is 96.5 cm³/mol. The largest absolute Gasteiger partial charge is 0.376 e. The van der Waals surface area contributed by atoms with Crippen molar-refractivity contribution in [3.63, 3.8) is 0 Å². The number of aryl methyl sites for hydroxylation is 1. The van der Waals surface area contributed by atoms with Crippen molar-refractivity contribution in [3.8, 4) is 0 Å². The highest BCUT2D eigenvalue weighted by molar-refractivity contribution is 5.79. The zero-order valence-corrected chi connectivity index (χ0v) is 14.1. The van der Waals surface area contributed by atoms with E-state index in [4.69, 9.17) is 4.74 Å². The lowest BCUT2D eigenvalue weighted by atomic mass is 10.1. The van der Waals surface area contributed by atoms with Gasteiger partial charge in [0.25, 0.3) is 5.56 Å². The summed E-state index contributed by atoms with van der Waals surface area (Å²) in [5.74, 6) is 0. The Hall–Kier alpha value is -2.44. The zero-order chi connectivity index (χ0) is 17.1. The molecule has 1 saturated heterocycles. The van der Waals surface area contributed by atoms with Gasteiger partial charge in [-0.3, -0.25) is 9.69 Å². The summed E-state index contributed by atoms with van der Waals surface area (Å²) >= 11 is 0. The second kappa shape index (κ2) is 7.21. The average Bonchev–Trinajstić information content (AvgIpc) is 3.08. The van der Waals surface area contributed by atoms with Crippen molar-refractivity contribution < 1.29 is 4.74 Å². The van der Waals surface area contributed by atoms with Crippen LogP contribution in [0.3, 0.4) is 0 Å². The van der Waals surface area contributed by atoms with Crippen molar-refractivity contribution in [3.05, 3.63) is 64.5 Å². The van der Waals surface area contributed by atoms with E-state index in [0.29, 0.717) is 0 Å². The molecular weight excluding hydrogens is 316 g/mol. The van der Waals surface area contributed by atoms with Crippen LogP contribution in [0.2, 0.25) is 0 Å². The van der Waals surface area contributed by atoms with Crippen molar-refractivity contribution in [2.45, 2.75) is 25.5 Å². The molecule has 0 radical (unpaired) electrons. The van der Waals surface area contributed by atoms with Gasteiger partial charge in [0.15, 0.2) is 0 Å². The number of nitrogens with zero attached hydrogens (tertiary/aromatic N) is 2. The molecule has 3 aromatic rings. The predicted octanol–water partition coefficient (Wildman–Crippen LogP) is 2.08. The number of ether oxygens (including phenoxy) is 1. The molecule has 2 aromatic heterocycles. The van der Waals surface area contributed by atoms with Crippen molar-refractivity contribution in [2.24, 2.45) is 0 Å². The van der Waals surface area contributed by atoms with Gasteiger partial charge in [-0.25, -0.2) is 4.98 Å². The van der Waals surface area contributed by atoms with Gasteiger partial charge in [0, 0.05) is 43.1 Å². The van der Waals surface area contributed by atoms with E-state index in [1.165, 1.54) is 22.8 Å². The van der Waals surface area contributed by atoms with Gasteiger partial charge in [-0.2, -0.15) is 0 Å². The number of fused-ring (bicyclic) bond motifs is 1. The number of hydrogen-bond acceptors (Lipinski definition) is 4. The molecule has 1 aliphatic rings. The smallest absolute Gasteiger partial charge is 0.250 e. The first-order valence-electron chi connectivity index (χ1n) is 8.70. The first kappa shape index (κ1) is 16.1. The summed E-state index contributed by atoms with van der Waals surface area (Å²) in [6, 6.07) is 10.2. The number of nitrogens with one attached hydrogen (secondary N) is 2. The topological polar surface area (TPSA) is 74.0 Å². The minimum Gasteiger partial charge on any atom is -0.376 e. The Kier molecular flexibility index (Phi) is 4.63. The Morgan fingerprint density at radius 1 is 1.24 bits per heavy atom. The summed E-state index contributed by atoms with van der Waals surface area (Å²) in [4.78, 5) is 23.8. The molecular formula is C19H22N4O2. The van der Waals surface area contributed by atoms with E-state index in [-0.39, 0.29) is 11.7 Å². The molecule has 0 spiro atoms. The summed E-state index contributed by atoms with van der Waals surface area (Å²) in [5.41, 5.74) is 3.21. The molecule has 0 bridgehead atoms. The maximum absolute atomic E-state index is 11.3. The molecule has 0 unspecified atom stereocenters. The number of aromatic amines is 2. The van der Waals surface area contributed by atoms with Gasteiger partial charge in [-0.15, -0.1) is 0 Å². The SMILES string of the molecule is O=c1cc(CC[C@@H]2CN(Cc3ccc4cc[nH]c4c3)CCO2)nc[nH]1. The normalized spacial score (nSPS) is 18.6. The highest BCUT2D eigenvalue weighted by Crippen LogP contribution is 2.18. The third kappa shape index (κ3) is 3.97. The molecule has 1 fully saturated rings. The molecule has 6 nitrogen and oxygen atoms in total. The second-order valence-electron chi connectivity index (χ2n) is 6.57. The van der Waals surface area contributed by atoms with Crippen LogP contribution in [0.1, 0.15) is 17.7 Å². The van der Waals surface area contributed by atoms with E-state index < -0.39 is 0 Å². The molecule has 3 heterocycles. The van der Waals surface area contributed by atoms with Gasteiger partial charge in [0.05, 0.1) is 19.0 Å². The van der Waals surface area contributed by atoms with E-state index in [1.54, 1.807) is 6.07 Å². The third-order valence-electron chi connectivity index (χ3n) is 4.71. The van der Waals surface area contributed by atoms with Crippen LogP contribution < -0.4 is 5.56 Å². The van der Waals surface area contributed by atoms with E-state index in [2.05, 4.69) is 44.1 Å². The number of aromatic nitrogens is 3. The Morgan fingerprint density at radius 2 is 2.20 bits per heavy atom. The van der Waals surface area contributed by atoms with Crippen LogP contribution in [0.4, 0.5) is 0 Å². The lowest BCUT2D eigenvalue weighted by Gasteiger charge is -2.33. The molecule has 130 valence electrons. The minimum absolute atomic E-state index is 0.101. The number of rotatable bonds is 5. The Labute approximate surface area is 145 Å². The second-order valence-corrected chi connectivity index (χ2v) is 6.57. The zero-order valence-electron chi connectivity index (χ0n) is 14.1. The van der Waals surface area contributed by atoms with Crippen molar-refractivity contribution in [2.75, 3.05) is 19.7 Å². The molecule has 1 aromatic carbocycles. The summed E-state index contributed by atoms with van der Waals surface area (Å²) in [6.07, 6.45) is 5.26. The monoisotopic (exact) mass is 338 g/mol. The maximum Gasteiger partial charge on any atom is 0.250 e. The van der Waals surface area contributed by atoms with Crippen LogP contribution in [-0.4, -0.2) is 45.7 Å². The van der Waals surface area contributed by atoms with Crippen molar-refractivity contribution in [1.29, 1.82) is 0 Å². The summed E-state index contributed by atoms with van der Waals surface area (Å²) < 4.78 is 5.89. The fourth-order valence-electron chi connectivity index (χ4n) is 3.40. The van der Waals surface area contributed by atoms with Crippen LogP contribution in [0.15, 0.2) is 47.7 Å². The van der Waals surface area contributed by atoms with E-state index in [9.17, 15) is 4.79 Å². The van der Waals surface area contributed by atoms with Crippen LogP contribution in [-0.2, 0) is 17.7 Å². The average molecular weight is 338 g/mol. The van der Waals surface area contributed by atoms with Crippen molar-refractivity contribution >= 4 is 10.9 Å². The molecule has 4 rings (SSSR count). The highest BCUT2D eigenvalue weighted by Gasteiger charge is 2.20. The summed E-state index contributed by atoms with van der Waals surface area (Å²) in [5, 5.41) is 1.24. The van der Waals surface area contributed by atoms with Gasteiger partial charge in [-0.1, -0.05) is 12.1 Å². The summed E-state index contributed by atoms with van der Waals surface area (Å²) in [6.45, 7) is 3.53. The van der Waals surface area contributed by atoms with Gasteiger partial charge in [0.2, 0.25) is 0 Å². The molecule has 0 saturated carbocycles. The van der Waals surface area contributed by atoms with E-state index in [1.807, 2.05) is 6.20 Å². The van der Waals surface area contributed by atoms with Crippen molar-refractivity contribution in [1.82, 2.24) is 19.9 Å². The number of hydrogen-bond donors (Lipinski definition) is 2. The lowest BCUT2D eigenvalue weighted by Crippen LogP contribution is -2.42. The molecule has 2 N–H and O–H groups in total. The Balaban J connectivity index is 1.34. The minimum atomic E-state index is -0.101. The van der Waals surface area contributed by atoms with E-state index >= 15 is 0 Å². The number of benzene rings is 1. The van der Waals surface area contributed by atoms with E-state index in [0.717, 1.165) is 44.8 Å². The van der Waals surface area contributed by atoms with Gasteiger partial charge in [0.1, 0.15) is 0 Å². The van der Waals surface area contributed by atoms with Gasteiger partial charge in [-0.05, 0) is 35.9 Å². The molecule has 0 amide bonds. The molecule has 25 heavy (non-hydrogen) atoms. The third-order valence-corrected chi connectivity index (χ3v) is 4.71.